The first-order valence-electron chi connectivity index (χ1n) is 9.56. The van der Waals surface area contributed by atoms with Crippen LogP contribution in [0.25, 0.3) is 0 Å². The number of nitrogens with zero attached hydrogens (tertiary/aromatic N) is 1. The highest BCUT2D eigenvalue weighted by Gasteiger charge is 2.22. The Balaban J connectivity index is 2.06. The van der Waals surface area contributed by atoms with Crippen molar-refractivity contribution in [3.8, 4) is 0 Å². The fourth-order valence-corrected chi connectivity index (χ4v) is 3.65. The van der Waals surface area contributed by atoms with Crippen LogP contribution in [0.15, 0.2) is 42.5 Å². The third-order valence-corrected chi connectivity index (χ3v) is 5.68. The number of hydrogen-bond acceptors (Lipinski definition) is 4. The monoisotopic (exact) mass is 481 g/mol. The largest absolute Gasteiger partial charge is 0.349 e. The minimum atomic E-state index is -0.735. The van der Waals surface area contributed by atoms with Crippen molar-refractivity contribution in [3.63, 3.8) is 0 Å². The van der Waals surface area contributed by atoms with Gasteiger partial charge in [-0.3, -0.25) is 14.4 Å². The molecule has 0 spiro atoms. The third kappa shape index (κ3) is 7.76. The van der Waals surface area contributed by atoms with Crippen molar-refractivity contribution in [2.45, 2.75) is 18.9 Å². The van der Waals surface area contributed by atoms with Gasteiger partial charge in [0.15, 0.2) is 0 Å². The number of anilines is 1. The number of hydrogen-bond donors (Lipinski definition) is 2. The van der Waals surface area contributed by atoms with Gasteiger partial charge >= 0.3 is 0 Å². The van der Waals surface area contributed by atoms with E-state index >= 15 is 0 Å². The summed E-state index contributed by atoms with van der Waals surface area (Å²) in [5, 5.41) is 6.22. The zero-order valence-electron chi connectivity index (χ0n) is 17.6. The Kier molecular flexibility index (Phi) is 9.68. The van der Waals surface area contributed by atoms with Gasteiger partial charge in [0.05, 0.1) is 17.0 Å². The van der Waals surface area contributed by atoms with Crippen LogP contribution in [0.3, 0.4) is 0 Å². The summed E-state index contributed by atoms with van der Waals surface area (Å²) in [6.45, 7) is 0. The van der Waals surface area contributed by atoms with E-state index in [1.165, 1.54) is 17.0 Å². The van der Waals surface area contributed by atoms with Gasteiger partial charge in [0.1, 0.15) is 6.04 Å². The number of likely N-dealkylation sites (N-methyl/N-ethyl adjacent to an activating group) is 1. The van der Waals surface area contributed by atoms with Crippen LogP contribution in [0.1, 0.15) is 22.3 Å². The van der Waals surface area contributed by atoms with E-state index in [1.54, 1.807) is 56.2 Å². The fourth-order valence-electron chi connectivity index (χ4n) is 2.68. The van der Waals surface area contributed by atoms with Crippen LogP contribution in [0.2, 0.25) is 10.0 Å². The molecular formula is C22H25Cl2N3O3S. The number of thioether (sulfide) groups is 1. The van der Waals surface area contributed by atoms with Gasteiger partial charge in [0, 0.05) is 24.8 Å². The van der Waals surface area contributed by atoms with Crippen molar-refractivity contribution < 1.29 is 14.4 Å². The molecule has 2 aromatic carbocycles. The summed E-state index contributed by atoms with van der Waals surface area (Å²) in [5.41, 5.74) is 1.68. The molecule has 2 N–H and O–H groups in total. The number of amides is 3. The Morgan fingerprint density at radius 2 is 1.74 bits per heavy atom. The number of halogens is 2. The zero-order chi connectivity index (χ0) is 23.0. The van der Waals surface area contributed by atoms with Crippen LogP contribution in [0.4, 0.5) is 5.69 Å². The first-order valence-corrected chi connectivity index (χ1v) is 11.7. The molecule has 166 valence electrons. The molecule has 0 saturated carbocycles. The van der Waals surface area contributed by atoms with E-state index in [2.05, 4.69) is 10.6 Å². The quantitative estimate of drug-likeness (QED) is 0.564. The molecule has 0 aliphatic heterocycles. The SMILES string of the molecule is CSCCC(NC(=O)c1ccc(Cl)cc1Cl)C(=O)Nc1ccc(CC(=O)N(C)C)cc1. The van der Waals surface area contributed by atoms with Gasteiger partial charge in [-0.25, -0.2) is 0 Å². The molecule has 6 nitrogen and oxygen atoms in total. The van der Waals surface area contributed by atoms with E-state index in [9.17, 15) is 14.4 Å². The Hall–Kier alpha value is -2.22. The molecule has 9 heteroatoms. The minimum absolute atomic E-state index is 0.00233. The molecular weight excluding hydrogens is 457 g/mol. The number of rotatable bonds is 9. The zero-order valence-corrected chi connectivity index (χ0v) is 19.9. The lowest BCUT2D eigenvalue weighted by atomic mass is 10.1. The maximum atomic E-state index is 12.8. The van der Waals surface area contributed by atoms with Gasteiger partial charge in [-0.15, -0.1) is 0 Å². The molecule has 0 aliphatic rings. The standard InChI is InChI=1S/C22H25Cl2N3O3S/c1-27(2)20(28)12-14-4-7-16(8-5-14)25-22(30)19(10-11-31-3)26-21(29)17-9-6-15(23)13-18(17)24/h4-9,13,19H,10-12H2,1-3H3,(H,25,30)(H,26,29). The molecule has 2 rings (SSSR count). The number of carbonyl (C=O) groups is 3. The first kappa shape index (κ1) is 25.0. The molecule has 0 aromatic heterocycles. The van der Waals surface area contributed by atoms with E-state index in [0.29, 0.717) is 22.9 Å². The Bertz CT molecular complexity index is 936. The molecule has 0 saturated heterocycles. The van der Waals surface area contributed by atoms with Crippen LogP contribution in [0, 0.1) is 0 Å². The molecule has 1 unspecified atom stereocenters. The topological polar surface area (TPSA) is 78.5 Å². The maximum absolute atomic E-state index is 12.8. The number of nitrogens with one attached hydrogen (secondary N) is 2. The van der Waals surface area contributed by atoms with Gasteiger partial charge in [-0.05, 0) is 54.3 Å². The summed E-state index contributed by atoms with van der Waals surface area (Å²) in [6, 6.07) is 10.9. The molecule has 1 atom stereocenters. The normalized spacial score (nSPS) is 11.5. The second-order valence-electron chi connectivity index (χ2n) is 7.08. The molecule has 3 amide bonds. The highest BCUT2D eigenvalue weighted by atomic mass is 35.5. The molecule has 0 radical (unpaired) electrons. The first-order chi connectivity index (χ1) is 14.7. The van der Waals surface area contributed by atoms with E-state index < -0.39 is 11.9 Å². The lowest BCUT2D eigenvalue weighted by molar-refractivity contribution is -0.128. The lowest BCUT2D eigenvalue weighted by Gasteiger charge is -2.19. The summed E-state index contributed by atoms with van der Waals surface area (Å²) in [4.78, 5) is 38.8. The van der Waals surface area contributed by atoms with Gasteiger partial charge in [0.25, 0.3) is 5.91 Å². The fraction of sp³-hybridized carbons (Fsp3) is 0.318. The number of carbonyl (C=O) groups excluding carboxylic acids is 3. The smallest absolute Gasteiger partial charge is 0.253 e. The highest BCUT2D eigenvalue weighted by Crippen LogP contribution is 2.21. The van der Waals surface area contributed by atoms with E-state index in [0.717, 1.165) is 5.56 Å². The molecule has 0 aliphatic carbocycles. The van der Waals surface area contributed by atoms with Gasteiger partial charge in [-0.1, -0.05) is 35.3 Å². The predicted octanol–water partition coefficient (Wildman–Crippen LogP) is 4.11. The summed E-state index contributed by atoms with van der Waals surface area (Å²) < 4.78 is 0. The highest BCUT2D eigenvalue weighted by molar-refractivity contribution is 7.98. The average Bonchev–Trinajstić information content (AvgIpc) is 2.72. The second-order valence-corrected chi connectivity index (χ2v) is 8.91. The van der Waals surface area contributed by atoms with Crippen LogP contribution in [0.5, 0.6) is 0 Å². The van der Waals surface area contributed by atoms with Gasteiger partial charge in [-0.2, -0.15) is 11.8 Å². The van der Waals surface area contributed by atoms with Crippen molar-refractivity contribution in [3.05, 3.63) is 63.6 Å². The Morgan fingerprint density at radius 1 is 1.06 bits per heavy atom. The van der Waals surface area contributed by atoms with Crippen LogP contribution < -0.4 is 10.6 Å². The molecule has 0 fully saturated rings. The van der Waals surface area contributed by atoms with Crippen molar-refractivity contribution >= 4 is 58.4 Å². The van der Waals surface area contributed by atoms with Crippen LogP contribution in [-0.4, -0.2) is 54.8 Å². The van der Waals surface area contributed by atoms with Crippen LogP contribution in [-0.2, 0) is 16.0 Å². The van der Waals surface area contributed by atoms with Crippen molar-refractivity contribution in [1.29, 1.82) is 0 Å². The predicted molar refractivity (Wildman–Crippen MR) is 128 cm³/mol. The van der Waals surface area contributed by atoms with E-state index in [-0.39, 0.29) is 28.8 Å². The second kappa shape index (κ2) is 12.0. The summed E-state index contributed by atoms with van der Waals surface area (Å²) >= 11 is 13.6. The summed E-state index contributed by atoms with van der Waals surface area (Å²) in [5.74, 6) is -0.0827. The van der Waals surface area contributed by atoms with Gasteiger partial charge < -0.3 is 15.5 Å². The molecule has 0 bridgehead atoms. The van der Waals surface area contributed by atoms with E-state index in [1.807, 2.05) is 6.26 Å². The van der Waals surface area contributed by atoms with Crippen molar-refractivity contribution in [1.82, 2.24) is 10.2 Å². The molecule has 0 heterocycles. The van der Waals surface area contributed by atoms with Crippen molar-refractivity contribution in [2.24, 2.45) is 0 Å². The molecule has 31 heavy (non-hydrogen) atoms. The average molecular weight is 482 g/mol. The Morgan fingerprint density at radius 3 is 2.32 bits per heavy atom. The Labute approximate surface area is 196 Å². The van der Waals surface area contributed by atoms with Crippen LogP contribution >= 0.6 is 35.0 Å². The minimum Gasteiger partial charge on any atom is -0.349 e. The summed E-state index contributed by atoms with van der Waals surface area (Å²) in [7, 11) is 3.41. The maximum Gasteiger partial charge on any atom is 0.253 e. The summed E-state index contributed by atoms with van der Waals surface area (Å²) in [6.07, 6.45) is 2.68. The number of benzene rings is 2. The third-order valence-electron chi connectivity index (χ3n) is 4.48. The lowest BCUT2D eigenvalue weighted by Crippen LogP contribution is -2.44. The molecule has 2 aromatic rings. The van der Waals surface area contributed by atoms with Crippen molar-refractivity contribution in [2.75, 3.05) is 31.4 Å². The van der Waals surface area contributed by atoms with Gasteiger partial charge in [0.2, 0.25) is 11.8 Å². The van der Waals surface area contributed by atoms with E-state index in [4.69, 9.17) is 23.2 Å².